The van der Waals surface area contributed by atoms with Crippen molar-refractivity contribution in [2.75, 3.05) is 0 Å². The fraction of sp³-hybridized carbons (Fsp3) is 0.105. The maximum atomic E-state index is 13.0. The van der Waals surface area contributed by atoms with E-state index >= 15 is 0 Å². The van der Waals surface area contributed by atoms with E-state index < -0.39 is 81.1 Å². The van der Waals surface area contributed by atoms with E-state index in [2.05, 4.69) is 63.7 Å². The second-order valence-corrected chi connectivity index (χ2v) is 12.4. The number of fused-ring (bicyclic) bond motifs is 1. The molecule has 1 heterocycles. The molecule has 0 aliphatic carbocycles. The van der Waals surface area contributed by atoms with Crippen LogP contribution in [-0.4, -0.2) is 44.6 Å². The molecule has 0 saturated carbocycles. The number of rotatable bonds is 5. The summed E-state index contributed by atoms with van der Waals surface area (Å²) in [6.45, 7) is 0. The zero-order chi connectivity index (χ0) is 24.1. The normalized spacial score (nSPS) is 11.4. The van der Waals surface area contributed by atoms with E-state index in [4.69, 9.17) is 4.42 Å². The molecule has 0 bridgehead atoms. The number of hydrogen-bond acceptors (Lipinski definition) is 9. The first-order chi connectivity index (χ1) is 14.9. The van der Waals surface area contributed by atoms with Crippen LogP contribution in [-0.2, 0) is 0 Å². The number of carbonyl (C=O) groups excluding carboxylic acids is 2. The van der Waals surface area contributed by atoms with Crippen LogP contribution in [0.3, 0.4) is 0 Å². The van der Waals surface area contributed by atoms with E-state index in [1.807, 2.05) is 0 Å². The van der Waals surface area contributed by atoms with Gasteiger partial charge in [0.05, 0.1) is 0 Å². The highest BCUT2D eigenvalue weighted by Gasteiger charge is 2.34. The predicted octanol–water partition coefficient (Wildman–Crippen LogP) is 4.59. The summed E-state index contributed by atoms with van der Waals surface area (Å²) in [5.41, 5.74) is -3.26. The molecular weight excluding hydrogens is 692 g/mol. The predicted molar refractivity (Wildman–Crippen MR) is 128 cm³/mol. The molecule has 13 heteroatoms. The number of alkyl halides is 4. The number of Topliss-reactive ketones (excluding diaryl/α,β-unsaturated/α-hetero) is 2. The smallest absolute Gasteiger partial charge is 0.238 e. The molecule has 0 fully saturated rings. The Balaban J connectivity index is 2.55. The van der Waals surface area contributed by atoms with Gasteiger partial charge in [-0.25, -0.2) is 0 Å². The number of hydrogen-bond donors (Lipinski definition) is 5. The van der Waals surface area contributed by atoms with Crippen LogP contribution in [0.4, 0.5) is 0 Å². The Hall–Kier alpha value is -2.09. The zero-order valence-corrected chi connectivity index (χ0v) is 21.6. The van der Waals surface area contributed by atoms with Gasteiger partial charge in [-0.05, 0) is 18.2 Å². The van der Waals surface area contributed by atoms with Crippen molar-refractivity contribution in [3.8, 4) is 40.1 Å². The van der Waals surface area contributed by atoms with Gasteiger partial charge in [0.2, 0.25) is 11.2 Å². The number of benzene rings is 2. The van der Waals surface area contributed by atoms with Crippen LogP contribution in [0.5, 0.6) is 28.7 Å². The van der Waals surface area contributed by atoms with Crippen molar-refractivity contribution < 1.29 is 39.5 Å². The molecule has 3 rings (SSSR count). The van der Waals surface area contributed by atoms with Gasteiger partial charge in [0.1, 0.15) is 35.5 Å². The van der Waals surface area contributed by atoms with Gasteiger partial charge in [-0.15, -0.1) is 0 Å². The molecule has 168 valence electrons. The summed E-state index contributed by atoms with van der Waals surface area (Å²) in [7, 11) is 0. The standard InChI is InChI=1S/C19H10Br4O9/c20-18(21)13(29)7-10(26)8-12(28)15(31)16(4-1-2-5(24)6(25)3-4)32-17(8)9(11(7)27)14(30)19(22)23/h1-3,18-19,24-27,31H. The third-order valence-electron chi connectivity index (χ3n) is 4.39. The van der Waals surface area contributed by atoms with Crippen LogP contribution in [0.15, 0.2) is 27.4 Å². The Labute approximate surface area is 211 Å². The van der Waals surface area contributed by atoms with Crippen LogP contribution in [0, 0.1) is 0 Å². The third-order valence-corrected chi connectivity index (χ3v) is 6.05. The largest absolute Gasteiger partial charge is 0.506 e. The molecule has 5 N–H and O–H groups in total. The van der Waals surface area contributed by atoms with Gasteiger partial charge >= 0.3 is 0 Å². The first kappa shape index (κ1) is 24.6. The molecule has 1 aromatic heterocycles. The van der Waals surface area contributed by atoms with Crippen molar-refractivity contribution in [1.29, 1.82) is 0 Å². The third kappa shape index (κ3) is 4.02. The number of phenols is 4. The van der Waals surface area contributed by atoms with Crippen molar-refractivity contribution in [3.05, 3.63) is 39.5 Å². The van der Waals surface area contributed by atoms with Gasteiger partial charge < -0.3 is 29.9 Å². The molecule has 0 radical (unpaired) electrons. The fourth-order valence-electron chi connectivity index (χ4n) is 2.93. The van der Waals surface area contributed by atoms with Gasteiger partial charge in [-0.3, -0.25) is 14.4 Å². The Morgan fingerprint density at radius 2 is 1.34 bits per heavy atom. The highest BCUT2D eigenvalue weighted by atomic mass is 79.9. The minimum absolute atomic E-state index is 0.0652. The number of carbonyl (C=O) groups is 2. The van der Waals surface area contributed by atoms with Gasteiger partial charge in [0.25, 0.3) is 0 Å². The maximum absolute atomic E-state index is 13.0. The lowest BCUT2D eigenvalue weighted by Crippen LogP contribution is -2.16. The molecule has 0 amide bonds. The van der Waals surface area contributed by atoms with Crippen LogP contribution < -0.4 is 5.43 Å². The Morgan fingerprint density at radius 3 is 1.88 bits per heavy atom. The summed E-state index contributed by atoms with van der Waals surface area (Å²) >= 11 is 11.8. The molecule has 0 saturated heterocycles. The molecule has 0 spiro atoms. The molecule has 2 aromatic carbocycles. The summed E-state index contributed by atoms with van der Waals surface area (Å²) in [6, 6.07) is 3.25. The lowest BCUT2D eigenvalue weighted by Gasteiger charge is -2.16. The summed E-state index contributed by atoms with van der Waals surface area (Å²) in [4.78, 5) is 38.3. The average molecular weight is 702 g/mol. The number of halogens is 4. The van der Waals surface area contributed by atoms with Crippen LogP contribution >= 0.6 is 63.7 Å². The quantitative estimate of drug-likeness (QED) is 0.145. The lowest BCUT2D eigenvalue weighted by molar-refractivity contribution is 0.101. The minimum Gasteiger partial charge on any atom is -0.506 e. The second-order valence-electron chi connectivity index (χ2n) is 6.29. The van der Waals surface area contributed by atoms with Crippen LogP contribution in [0.1, 0.15) is 20.7 Å². The monoisotopic (exact) mass is 698 g/mol. The van der Waals surface area contributed by atoms with E-state index in [-0.39, 0.29) is 5.56 Å². The average Bonchev–Trinajstić information content (AvgIpc) is 2.71. The van der Waals surface area contributed by atoms with Crippen LogP contribution in [0.2, 0.25) is 0 Å². The number of ketones is 2. The molecule has 9 nitrogen and oxygen atoms in total. The molecule has 0 aliphatic rings. The van der Waals surface area contributed by atoms with Crippen LogP contribution in [0.25, 0.3) is 22.3 Å². The van der Waals surface area contributed by atoms with Crippen molar-refractivity contribution >= 4 is 86.3 Å². The summed E-state index contributed by atoms with van der Waals surface area (Å²) in [5, 5.41) is 50.3. The second kappa shape index (κ2) is 9.04. The van der Waals surface area contributed by atoms with Crippen molar-refractivity contribution in [1.82, 2.24) is 0 Å². The molecule has 0 aliphatic heterocycles. The Kier molecular flexibility index (Phi) is 6.94. The minimum atomic E-state index is -1.21. The van der Waals surface area contributed by atoms with E-state index in [0.29, 0.717) is 0 Å². The number of phenolic OH excluding ortho intramolecular Hbond substituents is 4. The first-order valence-corrected chi connectivity index (χ1v) is 12.0. The van der Waals surface area contributed by atoms with Gasteiger partial charge in [-0.2, -0.15) is 0 Å². The molecule has 3 aromatic rings. The molecular formula is C19H10Br4O9. The zero-order valence-electron chi connectivity index (χ0n) is 15.3. The van der Waals surface area contributed by atoms with Gasteiger partial charge in [0, 0.05) is 5.56 Å². The fourth-order valence-corrected chi connectivity index (χ4v) is 3.84. The van der Waals surface area contributed by atoms with E-state index in [1.54, 1.807) is 0 Å². The molecule has 0 unspecified atom stereocenters. The summed E-state index contributed by atoms with van der Waals surface area (Å²) < 4.78 is 3.38. The van der Waals surface area contributed by atoms with Crippen molar-refractivity contribution in [2.24, 2.45) is 0 Å². The topological polar surface area (TPSA) is 165 Å². The molecule has 32 heavy (non-hydrogen) atoms. The summed E-state index contributed by atoms with van der Waals surface area (Å²) in [6.07, 6.45) is 0. The lowest BCUT2D eigenvalue weighted by atomic mass is 9.97. The van der Waals surface area contributed by atoms with Gasteiger partial charge in [0.15, 0.2) is 34.4 Å². The molecule has 0 atom stereocenters. The van der Waals surface area contributed by atoms with E-state index in [9.17, 15) is 39.9 Å². The highest BCUT2D eigenvalue weighted by Crippen LogP contribution is 2.44. The highest BCUT2D eigenvalue weighted by molar-refractivity contribution is 9.25. The van der Waals surface area contributed by atoms with E-state index in [0.717, 1.165) is 12.1 Å². The number of aromatic hydroxyl groups is 5. The van der Waals surface area contributed by atoms with E-state index in [1.165, 1.54) is 6.07 Å². The SMILES string of the molecule is O=C(c1c(O)c(C(=O)C(Br)Br)c2oc(-c3ccc(O)c(O)c3)c(O)c(=O)c2c1O)C(Br)Br. The first-order valence-electron chi connectivity index (χ1n) is 8.33. The van der Waals surface area contributed by atoms with Gasteiger partial charge in [-0.1, -0.05) is 63.7 Å². The Morgan fingerprint density at radius 1 is 0.781 bits per heavy atom. The Bertz CT molecular complexity index is 1350. The maximum Gasteiger partial charge on any atom is 0.238 e. The van der Waals surface area contributed by atoms with Crippen molar-refractivity contribution in [2.45, 2.75) is 7.47 Å². The summed E-state index contributed by atoms with van der Waals surface area (Å²) in [5.74, 6) is -6.34. The van der Waals surface area contributed by atoms with Crippen molar-refractivity contribution in [3.63, 3.8) is 0 Å².